The molecular weight excluding hydrogens is 178 g/mol. The molecule has 0 amide bonds. The molecule has 0 bridgehead atoms. The summed E-state index contributed by atoms with van der Waals surface area (Å²) in [7, 11) is 0. The molecule has 0 saturated heterocycles. The summed E-state index contributed by atoms with van der Waals surface area (Å²) in [5.74, 6) is 0.288. The lowest BCUT2D eigenvalue weighted by atomic mass is 10.00. The number of benzene rings is 1. The van der Waals surface area contributed by atoms with E-state index in [4.69, 9.17) is 5.73 Å². The topological polar surface area (TPSA) is 66.5 Å². The molecule has 1 rings (SSSR count). The van der Waals surface area contributed by atoms with E-state index in [1.807, 2.05) is 13.8 Å². The second-order valence-electron chi connectivity index (χ2n) is 3.54. The summed E-state index contributed by atoms with van der Waals surface area (Å²) < 4.78 is 0. The van der Waals surface area contributed by atoms with E-state index in [0.717, 1.165) is 6.42 Å². The zero-order valence-electron chi connectivity index (χ0n) is 8.62. The molecule has 0 radical (unpaired) electrons. The summed E-state index contributed by atoms with van der Waals surface area (Å²) in [6.45, 7) is 3.80. The van der Waals surface area contributed by atoms with Crippen molar-refractivity contribution in [3.8, 4) is 11.5 Å². The van der Waals surface area contributed by atoms with Gasteiger partial charge in [0, 0.05) is 17.2 Å². The van der Waals surface area contributed by atoms with Crippen LogP contribution in [-0.4, -0.2) is 10.2 Å². The highest BCUT2D eigenvalue weighted by Gasteiger charge is 2.13. The monoisotopic (exact) mass is 195 g/mol. The van der Waals surface area contributed by atoms with E-state index in [1.54, 1.807) is 12.1 Å². The van der Waals surface area contributed by atoms with Gasteiger partial charge in [0.25, 0.3) is 0 Å². The first-order valence-electron chi connectivity index (χ1n) is 4.87. The minimum absolute atomic E-state index is 0.141. The van der Waals surface area contributed by atoms with E-state index in [2.05, 4.69) is 0 Å². The average molecular weight is 195 g/mol. The fraction of sp³-hybridized carbons (Fsp3) is 0.455. The Kier molecular flexibility index (Phi) is 3.36. The Balaban J connectivity index is 3.19. The Morgan fingerprint density at radius 2 is 2.00 bits per heavy atom. The number of aromatic hydroxyl groups is 2. The van der Waals surface area contributed by atoms with E-state index >= 15 is 0 Å². The molecule has 0 fully saturated rings. The molecule has 3 heteroatoms. The first-order valence-corrected chi connectivity index (χ1v) is 4.87. The van der Waals surface area contributed by atoms with E-state index in [-0.39, 0.29) is 17.5 Å². The van der Waals surface area contributed by atoms with Crippen molar-refractivity contribution in [2.45, 2.75) is 32.7 Å². The maximum Gasteiger partial charge on any atom is 0.127 e. The van der Waals surface area contributed by atoms with E-state index in [9.17, 15) is 10.2 Å². The van der Waals surface area contributed by atoms with Crippen molar-refractivity contribution in [1.29, 1.82) is 0 Å². The molecule has 3 nitrogen and oxygen atoms in total. The van der Waals surface area contributed by atoms with E-state index < -0.39 is 0 Å². The molecule has 1 aromatic carbocycles. The third-order valence-corrected chi connectivity index (χ3v) is 2.28. The van der Waals surface area contributed by atoms with Gasteiger partial charge in [-0.1, -0.05) is 19.4 Å². The quantitative estimate of drug-likeness (QED) is 0.691. The summed E-state index contributed by atoms with van der Waals surface area (Å²) in [6, 6.07) is 3.03. The highest BCUT2D eigenvalue weighted by atomic mass is 16.3. The van der Waals surface area contributed by atoms with Gasteiger partial charge >= 0.3 is 0 Å². The minimum atomic E-state index is -0.216. The predicted octanol–water partition coefficient (Wildman–Crippen LogP) is 2.07. The van der Waals surface area contributed by atoms with Crippen molar-refractivity contribution in [3.63, 3.8) is 0 Å². The van der Waals surface area contributed by atoms with Crippen LogP contribution in [0.25, 0.3) is 0 Å². The van der Waals surface area contributed by atoms with Gasteiger partial charge in [-0.05, 0) is 19.4 Å². The Labute approximate surface area is 84.2 Å². The maximum absolute atomic E-state index is 9.83. The van der Waals surface area contributed by atoms with Crippen molar-refractivity contribution in [3.05, 3.63) is 23.3 Å². The number of hydrogen-bond acceptors (Lipinski definition) is 3. The summed E-state index contributed by atoms with van der Waals surface area (Å²) >= 11 is 0. The van der Waals surface area contributed by atoms with Gasteiger partial charge in [-0.2, -0.15) is 0 Å². The van der Waals surface area contributed by atoms with Gasteiger partial charge in [0.15, 0.2) is 0 Å². The Morgan fingerprint density at radius 1 is 1.36 bits per heavy atom. The molecule has 0 heterocycles. The van der Waals surface area contributed by atoms with Crippen LogP contribution in [0.2, 0.25) is 0 Å². The lowest BCUT2D eigenvalue weighted by Gasteiger charge is -2.13. The van der Waals surface area contributed by atoms with Crippen LogP contribution in [0.15, 0.2) is 12.1 Å². The SMILES string of the molecule is CCCc1c(O)ccc(C(C)N)c1O. The van der Waals surface area contributed by atoms with Gasteiger partial charge in [0.05, 0.1) is 0 Å². The van der Waals surface area contributed by atoms with Crippen LogP contribution < -0.4 is 5.73 Å². The van der Waals surface area contributed by atoms with Crippen molar-refractivity contribution < 1.29 is 10.2 Å². The highest BCUT2D eigenvalue weighted by Crippen LogP contribution is 2.33. The van der Waals surface area contributed by atoms with Gasteiger partial charge in [-0.15, -0.1) is 0 Å². The van der Waals surface area contributed by atoms with Crippen LogP contribution in [0.3, 0.4) is 0 Å². The van der Waals surface area contributed by atoms with Crippen molar-refractivity contribution in [1.82, 2.24) is 0 Å². The third-order valence-electron chi connectivity index (χ3n) is 2.28. The fourth-order valence-corrected chi connectivity index (χ4v) is 1.51. The molecule has 0 aliphatic carbocycles. The second kappa shape index (κ2) is 4.33. The first-order chi connectivity index (χ1) is 6.57. The van der Waals surface area contributed by atoms with Crippen molar-refractivity contribution >= 4 is 0 Å². The largest absolute Gasteiger partial charge is 0.508 e. The first kappa shape index (κ1) is 10.9. The molecule has 1 aromatic rings. The number of hydrogen-bond donors (Lipinski definition) is 3. The molecule has 0 saturated carbocycles. The minimum Gasteiger partial charge on any atom is -0.508 e. The van der Waals surface area contributed by atoms with Crippen LogP contribution in [0, 0.1) is 0 Å². The van der Waals surface area contributed by atoms with Crippen LogP contribution in [0.5, 0.6) is 11.5 Å². The van der Waals surface area contributed by atoms with Crippen LogP contribution in [0.4, 0.5) is 0 Å². The van der Waals surface area contributed by atoms with Gasteiger partial charge in [0.1, 0.15) is 11.5 Å². The van der Waals surface area contributed by atoms with Crippen LogP contribution in [-0.2, 0) is 6.42 Å². The van der Waals surface area contributed by atoms with Crippen molar-refractivity contribution in [2.24, 2.45) is 5.73 Å². The average Bonchev–Trinajstić information content (AvgIpc) is 2.11. The molecule has 78 valence electrons. The Hall–Kier alpha value is -1.22. The summed E-state index contributed by atoms with van der Waals surface area (Å²) in [5.41, 5.74) is 6.97. The second-order valence-corrected chi connectivity index (χ2v) is 3.54. The van der Waals surface area contributed by atoms with E-state index in [1.165, 1.54) is 0 Å². The van der Waals surface area contributed by atoms with Crippen LogP contribution in [0.1, 0.15) is 37.4 Å². The molecule has 0 aliphatic rings. The molecule has 4 N–H and O–H groups in total. The molecule has 14 heavy (non-hydrogen) atoms. The van der Waals surface area contributed by atoms with Crippen LogP contribution >= 0.6 is 0 Å². The Bertz CT molecular complexity index is 321. The lowest BCUT2D eigenvalue weighted by molar-refractivity contribution is 0.430. The van der Waals surface area contributed by atoms with Gasteiger partial charge in [0.2, 0.25) is 0 Å². The number of rotatable bonds is 3. The normalized spacial score (nSPS) is 12.8. The number of phenols is 2. The summed E-state index contributed by atoms with van der Waals surface area (Å²) in [6.07, 6.45) is 1.54. The molecule has 1 unspecified atom stereocenters. The zero-order valence-corrected chi connectivity index (χ0v) is 8.62. The van der Waals surface area contributed by atoms with Crippen molar-refractivity contribution in [2.75, 3.05) is 0 Å². The lowest BCUT2D eigenvalue weighted by Crippen LogP contribution is -2.06. The molecule has 0 aliphatic heterocycles. The van der Waals surface area contributed by atoms with Gasteiger partial charge in [-0.25, -0.2) is 0 Å². The summed E-state index contributed by atoms with van der Waals surface area (Å²) in [5, 5.41) is 19.4. The van der Waals surface area contributed by atoms with Gasteiger partial charge < -0.3 is 15.9 Å². The summed E-state index contributed by atoms with van der Waals surface area (Å²) in [4.78, 5) is 0. The molecular formula is C11H17NO2. The molecule has 0 aromatic heterocycles. The predicted molar refractivity (Wildman–Crippen MR) is 56.4 cm³/mol. The van der Waals surface area contributed by atoms with E-state index in [0.29, 0.717) is 17.5 Å². The fourth-order valence-electron chi connectivity index (χ4n) is 1.51. The number of nitrogens with two attached hydrogens (primary N) is 1. The molecule has 1 atom stereocenters. The number of phenolic OH excluding ortho intramolecular Hbond substituents is 2. The maximum atomic E-state index is 9.83. The third kappa shape index (κ3) is 1.99. The Morgan fingerprint density at radius 3 is 2.50 bits per heavy atom. The van der Waals surface area contributed by atoms with Gasteiger partial charge in [-0.3, -0.25) is 0 Å². The standard InChI is InChI=1S/C11H17NO2/c1-3-4-9-10(13)6-5-8(7(2)12)11(9)14/h5-7,13-14H,3-4,12H2,1-2H3. The molecule has 0 spiro atoms. The zero-order chi connectivity index (χ0) is 10.7. The highest BCUT2D eigenvalue weighted by molar-refractivity contribution is 5.49. The smallest absolute Gasteiger partial charge is 0.127 e.